The number of nitrogens with two attached hydrogens (primary N) is 1. The molecular weight excluding hydrogens is 252 g/mol. The summed E-state index contributed by atoms with van der Waals surface area (Å²) in [5.74, 6) is -2.63. The van der Waals surface area contributed by atoms with Crippen LogP contribution in [0.2, 0.25) is 0 Å². The van der Waals surface area contributed by atoms with Gasteiger partial charge in [0.25, 0.3) is 5.69 Å². The highest BCUT2D eigenvalue weighted by Crippen LogP contribution is 2.30. The number of ether oxygens (including phenoxy) is 1. The Bertz CT molecular complexity index is 527. The third-order valence-electron chi connectivity index (χ3n) is 2.49. The van der Waals surface area contributed by atoms with Crippen molar-refractivity contribution >= 4 is 23.1 Å². The first-order chi connectivity index (χ1) is 8.88. The number of nitro groups is 1. The molecule has 0 spiro atoms. The Labute approximate surface area is 109 Å². The number of nitrogens with zero attached hydrogens (tertiary/aromatic N) is 1. The van der Waals surface area contributed by atoms with Crippen molar-refractivity contribution in [1.29, 1.82) is 0 Å². The molecule has 0 bridgehead atoms. The number of hydrogen-bond acceptors (Lipinski definition) is 6. The minimum atomic E-state index is -1.30. The van der Waals surface area contributed by atoms with Gasteiger partial charge in [0.1, 0.15) is 11.7 Å². The van der Waals surface area contributed by atoms with Gasteiger partial charge in [-0.25, -0.2) is 0 Å². The number of Topliss-reactive ketones (excluding diaryl/α,β-unsaturated/α-hetero) is 1. The standard InChI is InChI=1S/C12H14N2O5/c1-3-19-12(16)11(7(2)15)9-5-4-8(13)6-10(9)14(17)18/h4-6,11H,3,13H2,1-2H3. The Morgan fingerprint density at radius 1 is 1.47 bits per heavy atom. The van der Waals surface area contributed by atoms with E-state index < -0.39 is 22.6 Å². The number of anilines is 1. The second-order valence-electron chi connectivity index (χ2n) is 3.87. The fourth-order valence-electron chi connectivity index (χ4n) is 1.70. The van der Waals surface area contributed by atoms with E-state index in [0.717, 1.165) is 6.07 Å². The largest absolute Gasteiger partial charge is 0.465 e. The molecule has 102 valence electrons. The summed E-state index contributed by atoms with van der Waals surface area (Å²) in [6.45, 7) is 2.86. The van der Waals surface area contributed by atoms with Gasteiger partial charge in [-0.3, -0.25) is 19.7 Å². The van der Waals surface area contributed by atoms with Crippen molar-refractivity contribution in [1.82, 2.24) is 0 Å². The molecule has 1 unspecified atom stereocenters. The number of nitro benzene ring substituents is 1. The molecule has 19 heavy (non-hydrogen) atoms. The molecule has 7 heteroatoms. The summed E-state index contributed by atoms with van der Waals surface area (Å²) >= 11 is 0. The summed E-state index contributed by atoms with van der Waals surface area (Å²) in [5.41, 5.74) is 5.28. The molecule has 0 amide bonds. The predicted molar refractivity (Wildman–Crippen MR) is 67.6 cm³/mol. The zero-order valence-corrected chi connectivity index (χ0v) is 10.6. The van der Waals surface area contributed by atoms with Gasteiger partial charge in [-0.05, 0) is 26.0 Å². The van der Waals surface area contributed by atoms with Crippen LogP contribution in [0.3, 0.4) is 0 Å². The molecular formula is C12H14N2O5. The number of hydrogen-bond donors (Lipinski definition) is 1. The molecule has 0 radical (unpaired) electrons. The first kappa shape index (κ1) is 14.6. The number of esters is 1. The van der Waals surface area contributed by atoms with Crippen molar-refractivity contribution in [2.75, 3.05) is 12.3 Å². The van der Waals surface area contributed by atoms with Crippen LogP contribution >= 0.6 is 0 Å². The van der Waals surface area contributed by atoms with Crippen LogP contribution in [0.4, 0.5) is 11.4 Å². The Morgan fingerprint density at radius 3 is 2.58 bits per heavy atom. The van der Waals surface area contributed by atoms with E-state index in [-0.39, 0.29) is 23.5 Å². The third-order valence-corrected chi connectivity index (χ3v) is 2.49. The first-order valence-electron chi connectivity index (χ1n) is 5.59. The predicted octanol–water partition coefficient (Wildman–Crippen LogP) is 1.41. The highest BCUT2D eigenvalue weighted by molar-refractivity contribution is 6.04. The number of rotatable bonds is 5. The van der Waals surface area contributed by atoms with Gasteiger partial charge >= 0.3 is 5.97 Å². The van der Waals surface area contributed by atoms with Gasteiger partial charge in [0.2, 0.25) is 0 Å². The first-order valence-corrected chi connectivity index (χ1v) is 5.59. The Morgan fingerprint density at radius 2 is 2.11 bits per heavy atom. The number of nitrogen functional groups attached to an aromatic ring is 1. The topological polar surface area (TPSA) is 113 Å². The van der Waals surface area contributed by atoms with Crippen LogP contribution in [0.15, 0.2) is 18.2 Å². The van der Waals surface area contributed by atoms with Gasteiger partial charge in [0, 0.05) is 11.8 Å². The van der Waals surface area contributed by atoms with E-state index in [0.29, 0.717) is 0 Å². The van der Waals surface area contributed by atoms with Crippen LogP contribution in [0, 0.1) is 10.1 Å². The maximum Gasteiger partial charge on any atom is 0.321 e. The minimum Gasteiger partial charge on any atom is -0.465 e. The van der Waals surface area contributed by atoms with Crippen molar-refractivity contribution in [3.8, 4) is 0 Å². The van der Waals surface area contributed by atoms with E-state index in [1.807, 2.05) is 0 Å². The highest BCUT2D eigenvalue weighted by Gasteiger charge is 2.32. The Hall–Kier alpha value is -2.44. The maximum atomic E-state index is 11.7. The lowest BCUT2D eigenvalue weighted by Gasteiger charge is -2.13. The normalized spacial score (nSPS) is 11.7. The molecule has 7 nitrogen and oxygen atoms in total. The number of benzene rings is 1. The van der Waals surface area contributed by atoms with Gasteiger partial charge in [-0.2, -0.15) is 0 Å². The van der Waals surface area contributed by atoms with E-state index in [9.17, 15) is 19.7 Å². The van der Waals surface area contributed by atoms with Gasteiger partial charge in [0.05, 0.1) is 17.1 Å². The molecule has 1 aromatic carbocycles. The molecule has 0 aliphatic heterocycles. The molecule has 0 aliphatic carbocycles. The average Bonchev–Trinajstić information content (AvgIpc) is 2.31. The van der Waals surface area contributed by atoms with Crippen molar-refractivity contribution in [2.45, 2.75) is 19.8 Å². The summed E-state index contributed by atoms with van der Waals surface area (Å²) in [7, 11) is 0. The fraction of sp³-hybridized carbons (Fsp3) is 0.333. The molecule has 1 aromatic rings. The highest BCUT2D eigenvalue weighted by atomic mass is 16.6. The quantitative estimate of drug-likeness (QED) is 0.283. The van der Waals surface area contributed by atoms with Crippen molar-refractivity contribution in [3.63, 3.8) is 0 Å². The third kappa shape index (κ3) is 3.27. The van der Waals surface area contributed by atoms with Crippen LogP contribution in [-0.2, 0) is 14.3 Å². The lowest BCUT2D eigenvalue weighted by Crippen LogP contribution is -2.23. The van der Waals surface area contributed by atoms with Crippen LogP contribution < -0.4 is 5.73 Å². The zero-order valence-electron chi connectivity index (χ0n) is 10.6. The second kappa shape index (κ2) is 5.94. The summed E-state index contributed by atoms with van der Waals surface area (Å²) in [5, 5.41) is 11.0. The summed E-state index contributed by atoms with van der Waals surface area (Å²) in [6, 6.07) is 3.82. The van der Waals surface area contributed by atoms with Gasteiger partial charge in [-0.15, -0.1) is 0 Å². The SMILES string of the molecule is CCOC(=O)C(C(C)=O)c1ccc(N)cc1[N+](=O)[O-]. The molecule has 0 saturated heterocycles. The maximum absolute atomic E-state index is 11.7. The lowest BCUT2D eigenvalue weighted by atomic mass is 9.93. The molecule has 0 aliphatic rings. The molecule has 1 rings (SSSR count). The zero-order chi connectivity index (χ0) is 14.6. The second-order valence-corrected chi connectivity index (χ2v) is 3.87. The Kier molecular flexibility index (Phi) is 4.57. The van der Waals surface area contributed by atoms with Gasteiger partial charge < -0.3 is 10.5 Å². The van der Waals surface area contributed by atoms with Crippen LogP contribution in [0.1, 0.15) is 25.3 Å². The van der Waals surface area contributed by atoms with Crippen LogP contribution in [-0.4, -0.2) is 23.3 Å². The lowest BCUT2D eigenvalue weighted by molar-refractivity contribution is -0.385. The molecule has 0 fully saturated rings. The summed E-state index contributed by atoms with van der Waals surface area (Å²) in [6.07, 6.45) is 0. The van der Waals surface area contributed by atoms with Gasteiger partial charge in [-0.1, -0.05) is 0 Å². The summed E-state index contributed by atoms with van der Waals surface area (Å²) < 4.78 is 4.77. The van der Waals surface area contributed by atoms with E-state index in [1.54, 1.807) is 6.92 Å². The number of carbonyl (C=O) groups is 2. The van der Waals surface area contributed by atoms with Crippen molar-refractivity contribution in [3.05, 3.63) is 33.9 Å². The van der Waals surface area contributed by atoms with Crippen molar-refractivity contribution in [2.24, 2.45) is 0 Å². The molecule has 0 heterocycles. The van der Waals surface area contributed by atoms with Gasteiger partial charge in [0.15, 0.2) is 0 Å². The van der Waals surface area contributed by atoms with Crippen LogP contribution in [0.5, 0.6) is 0 Å². The van der Waals surface area contributed by atoms with E-state index in [4.69, 9.17) is 10.5 Å². The summed E-state index contributed by atoms with van der Waals surface area (Å²) in [4.78, 5) is 33.6. The fourth-order valence-corrected chi connectivity index (χ4v) is 1.70. The average molecular weight is 266 g/mol. The smallest absolute Gasteiger partial charge is 0.321 e. The molecule has 2 N–H and O–H groups in total. The Balaban J connectivity index is 3.34. The van der Waals surface area contributed by atoms with E-state index >= 15 is 0 Å². The molecule has 0 aromatic heterocycles. The number of ketones is 1. The van der Waals surface area contributed by atoms with Crippen molar-refractivity contribution < 1.29 is 19.2 Å². The van der Waals surface area contributed by atoms with E-state index in [1.165, 1.54) is 19.1 Å². The van der Waals surface area contributed by atoms with Crippen LogP contribution in [0.25, 0.3) is 0 Å². The minimum absolute atomic E-state index is 0.00912. The van der Waals surface area contributed by atoms with E-state index in [2.05, 4.69) is 0 Å². The molecule has 0 saturated carbocycles. The molecule has 1 atom stereocenters. The number of carbonyl (C=O) groups excluding carboxylic acids is 2. The monoisotopic (exact) mass is 266 g/mol.